The molecule has 1 aliphatic carbocycles. The number of benzene rings is 2. The highest BCUT2D eigenvalue weighted by Gasteiger charge is 2.21. The fraction of sp³-hybridized carbons (Fsp3) is 0.440. The zero-order chi connectivity index (χ0) is 20.1. The molecule has 0 radical (unpaired) electrons. The van der Waals surface area contributed by atoms with Crippen molar-refractivity contribution < 1.29 is 4.79 Å². The highest BCUT2D eigenvalue weighted by molar-refractivity contribution is 5.78. The fourth-order valence-electron chi connectivity index (χ4n) is 4.55. The van der Waals surface area contributed by atoms with Gasteiger partial charge in [-0.25, -0.2) is 4.98 Å². The third-order valence-electron chi connectivity index (χ3n) is 6.19. The summed E-state index contributed by atoms with van der Waals surface area (Å²) in [6, 6.07) is 19.1. The van der Waals surface area contributed by atoms with Crippen LogP contribution in [0.1, 0.15) is 62.9 Å². The predicted molar refractivity (Wildman–Crippen MR) is 118 cm³/mol. The van der Waals surface area contributed by atoms with E-state index in [0.29, 0.717) is 0 Å². The van der Waals surface area contributed by atoms with Crippen LogP contribution in [0, 0.1) is 5.92 Å². The number of hydrogen-bond donors (Lipinski definition) is 1. The van der Waals surface area contributed by atoms with E-state index in [9.17, 15) is 4.79 Å². The Morgan fingerprint density at radius 1 is 1.07 bits per heavy atom. The predicted octanol–water partition coefficient (Wildman–Crippen LogP) is 5.27. The molecule has 152 valence electrons. The summed E-state index contributed by atoms with van der Waals surface area (Å²) in [4.78, 5) is 17.3. The minimum absolute atomic E-state index is 0.218. The Labute approximate surface area is 173 Å². The van der Waals surface area contributed by atoms with E-state index in [1.54, 1.807) is 0 Å². The Bertz CT molecular complexity index is 941. The van der Waals surface area contributed by atoms with Gasteiger partial charge in [0, 0.05) is 18.9 Å². The molecule has 1 aliphatic rings. The standard InChI is InChI=1S/C25H31N3O/c1-19(20-11-4-2-5-12-20)28-23-16-9-8-15-22(23)27-24(28)17-10-18-26-25(29)21-13-6-3-7-14-21/h2,4-5,8-9,11-12,15-16,19,21H,3,6-7,10,13-14,17-18H2,1H3,(H,26,29)/t19-/m0/s1. The fourth-order valence-corrected chi connectivity index (χ4v) is 4.55. The Balaban J connectivity index is 1.45. The summed E-state index contributed by atoms with van der Waals surface area (Å²) in [5.41, 5.74) is 3.49. The molecular formula is C25H31N3O. The van der Waals surface area contributed by atoms with Gasteiger partial charge in [-0.3, -0.25) is 4.79 Å². The summed E-state index contributed by atoms with van der Waals surface area (Å²) in [6.45, 7) is 2.95. The molecule has 0 bridgehead atoms. The summed E-state index contributed by atoms with van der Waals surface area (Å²) in [7, 11) is 0. The van der Waals surface area contributed by atoms with E-state index in [4.69, 9.17) is 4.98 Å². The number of nitrogens with zero attached hydrogens (tertiary/aromatic N) is 2. The molecule has 1 heterocycles. The first kappa shape index (κ1) is 19.7. The molecule has 0 aliphatic heterocycles. The average molecular weight is 390 g/mol. The summed E-state index contributed by atoms with van der Waals surface area (Å²) in [6.07, 6.45) is 7.53. The van der Waals surface area contributed by atoms with Crippen molar-refractivity contribution in [3.05, 3.63) is 66.0 Å². The lowest BCUT2D eigenvalue weighted by Crippen LogP contribution is -2.32. The van der Waals surface area contributed by atoms with Crippen LogP contribution in [0.5, 0.6) is 0 Å². The number of hydrogen-bond acceptors (Lipinski definition) is 2. The third kappa shape index (κ3) is 4.52. The van der Waals surface area contributed by atoms with Gasteiger partial charge in [0.2, 0.25) is 5.91 Å². The Morgan fingerprint density at radius 3 is 2.59 bits per heavy atom. The molecule has 1 aromatic heterocycles. The van der Waals surface area contributed by atoms with Crippen molar-refractivity contribution in [1.82, 2.24) is 14.9 Å². The minimum Gasteiger partial charge on any atom is -0.356 e. The number of aromatic nitrogens is 2. The molecule has 4 nitrogen and oxygen atoms in total. The quantitative estimate of drug-likeness (QED) is 0.559. The number of imidazole rings is 1. The second-order valence-corrected chi connectivity index (χ2v) is 8.20. The first-order valence-electron chi connectivity index (χ1n) is 11.0. The first-order chi connectivity index (χ1) is 14.2. The van der Waals surface area contributed by atoms with E-state index in [2.05, 4.69) is 65.3 Å². The van der Waals surface area contributed by atoms with Crippen LogP contribution >= 0.6 is 0 Å². The third-order valence-corrected chi connectivity index (χ3v) is 6.19. The average Bonchev–Trinajstić information content (AvgIpc) is 3.15. The van der Waals surface area contributed by atoms with Gasteiger partial charge in [0.25, 0.3) is 0 Å². The van der Waals surface area contributed by atoms with Gasteiger partial charge in [-0.05, 0) is 43.9 Å². The van der Waals surface area contributed by atoms with Gasteiger partial charge in [-0.1, -0.05) is 61.7 Å². The molecule has 3 aromatic rings. The van der Waals surface area contributed by atoms with E-state index < -0.39 is 0 Å². The molecule has 1 N–H and O–H groups in total. The Morgan fingerprint density at radius 2 is 1.79 bits per heavy atom. The maximum atomic E-state index is 12.4. The smallest absolute Gasteiger partial charge is 0.223 e. The summed E-state index contributed by atoms with van der Waals surface area (Å²) < 4.78 is 2.35. The van der Waals surface area contributed by atoms with Crippen molar-refractivity contribution >= 4 is 16.9 Å². The van der Waals surface area contributed by atoms with Crippen LogP contribution < -0.4 is 5.32 Å². The maximum absolute atomic E-state index is 12.4. The number of fused-ring (bicyclic) bond motifs is 1. The number of carbonyl (C=O) groups is 1. The van der Waals surface area contributed by atoms with Crippen molar-refractivity contribution in [3.63, 3.8) is 0 Å². The number of rotatable bonds is 7. The van der Waals surface area contributed by atoms with Crippen LogP contribution in [-0.4, -0.2) is 22.0 Å². The van der Waals surface area contributed by atoms with Crippen LogP contribution in [0.3, 0.4) is 0 Å². The zero-order valence-corrected chi connectivity index (χ0v) is 17.3. The number of carbonyl (C=O) groups excluding carboxylic acids is 1. The summed E-state index contributed by atoms with van der Waals surface area (Å²) >= 11 is 0. The number of amides is 1. The lowest BCUT2D eigenvalue weighted by molar-refractivity contribution is -0.125. The molecule has 29 heavy (non-hydrogen) atoms. The molecule has 0 saturated heterocycles. The van der Waals surface area contributed by atoms with Crippen molar-refractivity contribution in [2.24, 2.45) is 5.92 Å². The largest absolute Gasteiger partial charge is 0.356 e. The Kier molecular flexibility index (Phi) is 6.28. The Hall–Kier alpha value is -2.62. The molecule has 1 fully saturated rings. The molecule has 0 spiro atoms. The number of para-hydroxylation sites is 2. The van der Waals surface area contributed by atoms with Crippen molar-refractivity contribution in [2.45, 2.75) is 57.9 Å². The van der Waals surface area contributed by atoms with Crippen LogP contribution in [0.25, 0.3) is 11.0 Å². The monoisotopic (exact) mass is 389 g/mol. The van der Waals surface area contributed by atoms with Gasteiger partial charge in [-0.15, -0.1) is 0 Å². The van der Waals surface area contributed by atoms with E-state index in [-0.39, 0.29) is 17.9 Å². The van der Waals surface area contributed by atoms with Crippen LogP contribution in [-0.2, 0) is 11.2 Å². The topological polar surface area (TPSA) is 46.9 Å². The van der Waals surface area contributed by atoms with Gasteiger partial charge in [0.15, 0.2) is 0 Å². The van der Waals surface area contributed by atoms with Gasteiger partial charge >= 0.3 is 0 Å². The molecule has 1 saturated carbocycles. The number of nitrogens with one attached hydrogen (secondary N) is 1. The van der Waals surface area contributed by atoms with Gasteiger partial charge in [0.1, 0.15) is 5.82 Å². The highest BCUT2D eigenvalue weighted by atomic mass is 16.1. The van der Waals surface area contributed by atoms with Crippen LogP contribution in [0.4, 0.5) is 0 Å². The number of aryl methyl sites for hydroxylation is 1. The summed E-state index contributed by atoms with van der Waals surface area (Å²) in [5.74, 6) is 1.57. The molecule has 4 rings (SSSR count). The lowest BCUT2D eigenvalue weighted by atomic mass is 9.89. The second-order valence-electron chi connectivity index (χ2n) is 8.20. The SMILES string of the molecule is C[C@@H](c1ccccc1)n1c(CCCNC(=O)C2CCCCC2)nc2ccccc21. The van der Waals surface area contributed by atoms with E-state index >= 15 is 0 Å². The van der Waals surface area contributed by atoms with Crippen molar-refractivity contribution in [2.75, 3.05) is 6.54 Å². The van der Waals surface area contributed by atoms with Crippen LogP contribution in [0.15, 0.2) is 54.6 Å². The minimum atomic E-state index is 0.218. The van der Waals surface area contributed by atoms with E-state index in [1.165, 1.54) is 30.3 Å². The summed E-state index contributed by atoms with van der Waals surface area (Å²) in [5, 5.41) is 3.16. The van der Waals surface area contributed by atoms with Gasteiger partial charge < -0.3 is 9.88 Å². The molecule has 2 aromatic carbocycles. The van der Waals surface area contributed by atoms with Crippen molar-refractivity contribution in [1.29, 1.82) is 0 Å². The highest BCUT2D eigenvalue weighted by Crippen LogP contribution is 2.27. The van der Waals surface area contributed by atoms with E-state index in [1.807, 2.05) is 6.07 Å². The zero-order valence-electron chi connectivity index (χ0n) is 17.3. The molecular weight excluding hydrogens is 358 g/mol. The molecule has 4 heteroatoms. The maximum Gasteiger partial charge on any atom is 0.223 e. The van der Waals surface area contributed by atoms with Gasteiger partial charge in [-0.2, -0.15) is 0 Å². The van der Waals surface area contributed by atoms with Gasteiger partial charge in [0.05, 0.1) is 17.1 Å². The molecule has 0 unspecified atom stereocenters. The first-order valence-corrected chi connectivity index (χ1v) is 11.0. The van der Waals surface area contributed by atoms with Crippen LogP contribution in [0.2, 0.25) is 0 Å². The lowest BCUT2D eigenvalue weighted by Gasteiger charge is -2.21. The van der Waals surface area contributed by atoms with Crippen molar-refractivity contribution in [3.8, 4) is 0 Å². The second kappa shape index (κ2) is 9.25. The van der Waals surface area contributed by atoms with E-state index in [0.717, 1.165) is 43.6 Å². The normalized spacial score (nSPS) is 16.0. The molecule has 1 atom stereocenters. The molecule has 1 amide bonds.